The maximum atomic E-state index is 12.5. The molecule has 5 nitrogen and oxygen atoms in total. The largest absolute Gasteiger partial charge is 0.351 e. The predicted octanol–water partition coefficient (Wildman–Crippen LogP) is 5.55. The number of hydrogen-bond donors (Lipinski definition) is 1. The first-order valence-corrected chi connectivity index (χ1v) is 11.4. The number of piperidine rings is 1. The van der Waals surface area contributed by atoms with E-state index in [1.807, 2.05) is 36.4 Å². The first-order valence-electron chi connectivity index (χ1n) is 11.4. The number of rotatable bonds is 8. The maximum Gasteiger partial charge on any atom is 0.319 e. The number of carbonyl (C=O) groups is 1. The van der Waals surface area contributed by atoms with Crippen LogP contribution in [0.15, 0.2) is 60.7 Å². The minimum absolute atomic E-state index is 0.0174. The number of hydrogen-bond acceptors (Lipinski definition) is 3. The molecule has 0 spiro atoms. The van der Waals surface area contributed by atoms with Gasteiger partial charge < -0.3 is 5.73 Å². The van der Waals surface area contributed by atoms with Gasteiger partial charge in [0.1, 0.15) is 0 Å². The minimum atomic E-state index is -0.397. The van der Waals surface area contributed by atoms with Crippen LogP contribution in [0.25, 0.3) is 0 Å². The van der Waals surface area contributed by atoms with Gasteiger partial charge in [-0.1, -0.05) is 62.4 Å². The van der Waals surface area contributed by atoms with Crippen LogP contribution in [0.2, 0.25) is 0 Å². The molecule has 2 aromatic rings. The van der Waals surface area contributed by atoms with Gasteiger partial charge in [-0.25, -0.2) is 4.79 Å². The topological polar surface area (TPSA) is 58.8 Å². The Balaban J connectivity index is 1.84. The van der Waals surface area contributed by atoms with Crippen LogP contribution >= 0.6 is 0 Å². The molecular formula is C26H37N3O2. The zero-order valence-electron chi connectivity index (χ0n) is 19.4. The van der Waals surface area contributed by atoms with Crippen molar-refractivity contribution in [3.63, 3.8) is 0 Å². The quantitative estimate of drug-likeness (QED) is 0.606. The van der Waals surface area contributed by atoms with Crippen molar-refractivity contribution in [2.75, 3.05) is 11.5 Å². The third kappa shape index (κ3) is 5.10. The summed E-state index contributed by atoms with van der Waals surface area (Å²) in [5.41, 5.74) is 7.61. The van der Waals surface area contributed by atoms with Gasteiger partial charge in [0.25, 0.3) is 0 Å². The fourth-order valence-electron chi connectivity index (χ4n) is 5.22. The van der Waals surface area contributed by atoms with Crippen LogP contribution < -0.4 is 10.6 Å². The average molecular weight is 424 g/mol. The van der Waals surface area contributed by atoms with Crippen molar-refractivity contribution in [2.24, 2.45) is 5.73 Å². The standard InChI is InChI=1S/C26H37N3O2/c1-5-26(6-2)20-23(28(24(27)30)22-15-11-8-12-16-22)19-25(3,4)29(26)31-18-17-21-13-9-7-10-14-21/h7-16,23H,5-6,17-20H2,1-4H3,(H2,27,30). The van der Waals surface area contributed by atoms with Gasteiger partial charge in [0.2, 0.25) is 0 Å². The summed E-state index contributed by atoms with van der Waals surface area (Å²) in [5, 5.41) is 2.24. The first-order chi connectivity index (χ1) is 14.8. The number of amides is 2. The van der Waals surface area contributed by atoms with Crippen LogP contribution in [0.4, 0.5) is 10.5 Å². The van der Waals surface area contributed by atoms with E-state index in [9.17, 15) is 4.79 Å². The Morgan fingerprint density at radius 3 is 2.16 bits per heavy atom. The van der Waals surface area contributed by atoms with Gasteiger partial charge in [0.05, 0.1) is 6.61 Å². The number of urea groups is 1. The molecule has 168 valence electrons. The Bertz CT molecular complexity index is 834. The molecule has 1 fully saturated rings. The van der Waals surface area contributed by atoms with Crippen molar-refractivity contribution in [1.29, 1.82) is 0 Å². The molecule has 2 N–H and O–H groups in total. The van der Waals surface area contributed by atoms with Crippen LogP contribution in [0.3, 0.4) is 0 Å². The van der Waals surface area contributed by atoms with E-state index in [1.165, 1.54) is 5.56 Å². The number of hydroxylamine groups is 2. The zero-order valence-corrected chi connectivity index (χ0v) is 19.4. The average Bonchev–Trinajstić information content (AvgIpc) is 2.76. The van der Waals surface area contributed by atoms with Gasteiger partial charge in [-0.3, -0.25) is 9.74 Å². The van der Waals surface area contributed by atoms with Gasteiger partial charge in [0.15, 0.2) is 0 Å². The molecule has 31 heavy (non-hydrogen) atoms. The molecular weight excluding hydrogens is 386 g/mol. The third-order valence-electron chi connectivity index (χ3n) is 6.74. The highest BCUT2D eigenvalue weighted by Gasteiger charge is 2.51. The van der Waals surface area contributed by atoms with Crippen molar-refractivity contribution in [2.45, 2.75) is 76.9 Å². The highest BCUT2D eigenvalue weighted by atomic mass is 16.7. The molecule has 0 bridgehead atoms. The molecule has 1 aliphatic heterocycles. The first kappa shape index (κ1) is 23.3. The molecule has 1 heterocycles. The third-order valence-corrected chi connectivity index (χ3v) is 6.74. The molecule has 3 rings (SSSR count). The van der Waals surface area contributed by atoms with Crippen molar-refractivity contribution in [3.05, 3.63) is 66.2 Å². The van der Waals surface area contributed by atoms with E-state index in [1.54, 1.807) is 4.90 Å². The fourth-order valence-corrected chi connectivity index (χ4v) is 5.22. The molecule has 0 aliphatic carbocycles. The van der Waals surface area contributed by atoms with E-state index in [4.69, 9.17) is 10.6 Å². The molecule has 0 saturated carbocycles. The summed E-state index contributed by atoms with van der Waals surface area (Å²) in [6.07, 6.45) is 4.37. The van der Waals surface area contributed by atoms with Crippen LogP contribution in [0.5, 0.6) is 0 Å². The number of carbonyl (C=O) groups excluding carboxylic acids is 1. The summed E-state index contributed by atoms with van der Waals surface area (Å²) >= 11 is 0. The van der Waals surface area contributed by atoms with E-state index >= 15 is 0 Å². The van der Waals surface area contributed by atoms with Crippen LogP contribution in [-0.2, 0) is 11.3 Å². The zero-order chi connectivity index (χ0) is 22.5. The number of benzene rings is 2. The lowest BCUT2D eigenvalue weighted by molar-refractivity contribution is -0.292. The van der Waals surface area contributed by atoms with E-state index in [0.29, 0.717) is 6.61 Å². The van der Waals surface area contributed by atoms with Gasteiger partial charge in [-0.2, -0.15) is 5.06 Å². The highest BCUT2D eigenvalue weighted by Crippen LogP contribution is 2.45. The van der Waals surface area contributed by atoms with Crippen molar-refractivity contribution >= 4 is 11.7 Å². The van der Waals surface area contributed by atoms with E-state index in [2.05, 4.69) is 57.0 Å². The summed E-state index contributed by atoms with van der Waals surface area (Å²) in [6.45, 7) is 9.50. The monoisotopic (exact) mass is 423 g/mol. The van der Waals surface area contributed by atoms with Gasteiger partial charge in [0, 0.05) is 22.8 Å². The molecule has 1 aliphatic rings. The Morgan fingerprint density at radius 2 is 1.61 bits per heavy atom. The molecule has 0 radical (unpaired) electrons. The Hall–Kier alpha value is -2.37. The molecule has 5 heteroatoms. The van der Waals surface area contributed by atoms with E-state index in [-0.39, 0.29) is 17.1 Å². The minimum Gasteiger partial charge on any atom is -0.351 e. The number of anilines is 1. The highest BCUT2D eigenvalue weighted by molar-refractivity contribution is 5.91. The van der Waals surface area contributed by atoms with Crippen molar-refractivity contribution in [1.82, 2.24) is 5.06 Å². The second-order valence-corrected chi connectivity index (χ2v) is 9.21. The lowest BCUT2D eigenvalue weighted by atomic mass is 9.73. The Morgan fingerprint density at radius 1 is 1.03 bits per heavy atom. The predicted molar refractivity (Wildman–Crippen MR) is 127 cm³/mol. The van der Waals surface area contributed by atoms with E-state index < -0.39 is 6.03 Å². The normalized spacial score (nSPS) is 20.3. The smallest absolute Gasteiger partial charge is 0.319 e. The van der Waals surface area contributed by atoms with Gasteiger partial charge in [-0.15, -0.1) is 0 Å². The van der Waals surface area contributed by atoms with Gasteiger partial charge in [-0.05, 0) is 63.6 Å². The summed E-state index contributed by atoms with van der Waals surface area (Å²) in [5.74, 6) is 0. The lowest BCUT2D eigenvalue weighted by Crippen LogP contribution is -2.66. The maximum absolute atomic E-state index is 12.5. The Kier molecular flexibility index (Phi) is 7.39. The van der Waals surface area contributed by atoms with Gasteiger partial charge >= 0.3 is 6.03 Å². The van der Waals surface area contributed by atoms with Crippen molar-refractivity contribution in [3.8, 4) is 0 Å². The molecule has 0 aromatic heterocycles. The molecule has 2 amide bonds. The van der Waals surface area contributed by atoms with E-state index in [0.717, 1.165) is 37.8 Å². The lowest BCUT2D eigenvalue weighted by Gasteiger charge is -2.57. The van der Waals surface area contributed by atoms with Crippen molar-refractivity contribution < 1.29 is 9.63 Å². The van der Waals surface area contributed by atoms with Crippen LogP contribution in [0, 0.1) is 0 Å². The second kappa shape index (κ2) is 9.84. The Labute approximate surface area is 187 Å². The van der Waals surface area contributed by atoms with Crippen LogP contribution in [-0.4, -0.2) is 34.8 Å². The number of nitrogens with zero attached hydrogens (tertiary/aromatic N) is 2. The number of primary amides is 1. The molecule has 1 saturated heterocycles. The molecule has 1 unspecified atom stereocenters. The number of para-hydroxylation sites is 1. The summed E-state index contributed by atoms with van der Waals surface area (Å²) < 4.78 is 0. The summed E-state index contributed by atoms with van der Waals surface area (Å²) in [6, 6.07) is 19.8. The SMILES string of the molecule is CCC1(CC)CC(N(C(N)=O)c2ccccc2)CC(C)(C)N1OCCc1ccccc1. The molecule has 2 aromatic carbocycles. The number of nitrogens with two attached hydrogens (primary N) is 1. The summed E-state index contributed by atoms with van der Waals surface area (Å²) in [4.78, 5) is 20.8. The second-order valence-electron chi connectivity index (χ2n) is 9.21. The molecule has 1 atom stereocenters. The fraction of sp³-hybridized carbons (Fsp3) is 0.500. The summed E-state index contributed by atoms with van der Waals surface area (Å²) in [7, 11) is 0. The van der Waals surface area contributed by atoms with Crippen LogP contribution in [0.1, 0.15) is 58.9 Å².